The highest BCUT2D eigenvalue weighted by atomic mass is 16.3. The van der Waals surface area contributed by atoms with Crippen LogP contribution in [-0.2, 0) is 12.1 Å². The lowest BCUT2D eigenvalue weighted by Crippen LogP contribution is -2.40. The Balaban J connectivity index is 2.18. The van der Waals surface area contributed by atoms with Crippen LogP contribution in [0.4, 0.5) is 0 Å². The van der Waals surface area contributed by atoms with Crippen molar-refractivity contribution in [2.45, 2.75) is 71.1 Å². The van der Waals surface area contributed by atoms with Gasteiger partial charge in [0.05, 0.1) is 11.1 Å². The van der Waals surface area contributed by atoms with Crippen molar-refractivity contribution in [1.29, 1.82) is 0 Å². The Morgan fingerprint density at radius 3 is 2.39 bits per heavy atom. The monoisotopic (exact) mass is 253 g/mol. The maximum atomic E-state index is 12.2. The Morgan fingerprint density at radius 2 is 2.00 bits per heavy atom. The summed E-state index contributed by atoms with van der Waals surface area (Å²) in [5.41, 5.74) is -0.932. The van der Waals surface area contributed by atoms with Crippen molar-refractivity contribution in [3.05, 3.63) is 16.3 Å². The summed E-state index contributed by atoms with van der Waals surface area (Å²) in [4.78, 5) is 12.2. The second-order valence-electron chi connectivity index (χ2n) is 6.39. The number of hydrogen-bond donors (Lipinski definition) is 1. The van der Waals surface area contributed by atoms with Gasteiger partial charge in [-0.1, -0.05) is 0 Å². The van der Waals surface area contributed by atoms with Crippen molar-refractivity contribution in [1.82, 2.24) is 14.3 Å². The number of rotatable bonds is 3. The van der Waals surface area contributed by atoms with Gasteiger partial charge in [0.15, 0.2) is 0 Å². The fourth-order valence-electron chi connectivity index (χ4n) is 2.34. The van der Waals surface area contributed by atoms with E-state index in [-0.39, 0.29) is 11.2 Å². The highest BCUT2D eigenvalue weighted by Gasteiger charge is 2.34. The summed E-state index contributed by atoms with van der Waals surface area (Å²) in [6.45, 7) is 8.28. The molecule has 102 valence electrons. The van der Waals surface area contributed by atoms with Crippen LogP contribution in [0.25, 0.3) is 0 Å². The Morgan fingerprint density at radius 1 is 1.39 bits per heavy atom. The summed E-state index contributed by atoms with van der Waals surface area (Å²) in [6.07, 6.45) is 3.44. The zero-order valence-electron chi connectivity index (χ0n) is 11.7. The van der Waals surface area contributed by atoms with Crippen LogP contribution in [-0.4, -0.2) is 25.1 Å². The summed E-state index contributed by atoms with van der Waals surface area (Å²) in [5, 5.41) is 14.4. The van der Waals surface area contributed by atoms with Crippen LogP contribution in [0, 0.1) is 6.92 Å². The molecule has 1 aromatic heterocycles. The van der Waals surface area contributed by atoms with Gasteiger partial charge in [0.1, 0.15) is 5.82 Å². The summed E-state index contributed by atoms with van der Waals surface area (Å²) in [6, 6.07) is 0. The fourth-order valence-corrected chi connectivity index (χ4v) is 2.34. The van der Waals surface area contributed by atoms with E-state index in [9.17, 15) is 9.90 Å². The van der Waals surface area contributed by atoms with E-state index in [4.69, 9.17) is 0 Å². The van der Waals surface area contributed by atoms with Crippen LogP contribution in [0.1, 0.15) is 52.3 Å². The molecule has 2 rings (SSSR count). The van der Waals surface area contributed by atoms with Crippen molar-refractivity contribution in [3.8, 4) is 0 Å². The molecular weight excluding hydrogens is 230 g/mol. The van der Waals surface area contributed by atoms with Gasteiger partial charge in [-0.15, -0.1) is 0 Å². The summed E-state index contributed by atoms with van der Waals surface area (Å²) >= 11 is 0. The minimum Gasteiger partial charge on any atom is -0.390 e. The third-order valence-corrected chi connectivity index (χ3v) is 3.77. The minimum atomic E-state index is -0.546. The van der Waals surface area contributed by atoms with Crippen LogP contribution in [0.2, 0.25) is 0 Å². The molecule has 0 bridgehead atoms. The van der Waals surface area contributed by atoms with Gasteiger partial charge in [-0.3, -0.25) is 4.57 Å². The van der Waals surface area contributed by atoms with E-state index in [0.29, 0.717) is 13.0 Å². The first-order valence-corrected chi connectivity index (χ1v) is 6.62. The second-order valence-corrected chi connectivity index (χ2v) is 6.39. The summed E-state index contributed by atoms with van der Waals surface area (Å²) in [5.74, 6) is 0.720. The number of aryl methyl sites for hydroxylation is 1. The molecular formula is C13H23N3O2. The van der Waals surface area contributed by atoms with Crippen LogP contribution in [0.15, 0.2) is 4.79 Å². The van der Waals surface area contributed by atoms with E-state index < -0.39 is 5.60 Å². The van der Waals surface area contributed by atoms with Crippen molar-refractivity contribution < 1.29 is 5.11 Å². The molecule has 0 saturated heterocycles. The number of aliphatic hydroxyl groups is 1. The largest absolute Gasteiger partial charge is 0.390 e. The normalized spacial score (nSPS) is 18.7. The Kier molecular flexibility index (Phi) is 3.13. The third kappa shape index (κ3) is 2.36. The quantitative estimate of drug-likeness (QED) is 0.886. The molecule has 1 aromatic rings. The smallest absolute Gasteiger partial charge is 0.346 e. The average Bonchev–Trinajstić information content (AvgIpc) is 2.49. The second kappa shape index (κ2) is 4.23. The molecule has 1 N–H and O–H groups in total. The van der Waals surface area contributed by atoms with Gasteiger partial charge < -0.3 is 5.11 Å². The topological polar surface area (TPSA) is 60.0 Å². The highest BCUT2D eigenvalue weighted by Crippen LogP contribution is 2.34. The maximum absolute atomic E-state index is 12.2. The standard InChI is InChI=1S/C13H23N3O2/c1-10-14-16(12(2,3)4)11(17)15(10)9-8-13(18)6-5-7-13/h18H,5-9H2,1-4H3. The summed E-state index contributed by atoms with van der Waals surface area (Å²) < 4.78 is 3.19. The molecule has 1 aliphatic carbocycles. The van der Waals surface area contributed by atoms with E-state index >= 15 is 0 Å². The van der Waals surface area contributed by atoms with Crippen LogP contribution >= 0.6 is 0 Å². The predicted octanol–water partition coefficient (Wildman–Crippen LogP) is 1.41. The zero-order chi connectivity index (χ0) is 13.6. The molecule has 1 fully saturated rings. The van der Waals surface area contributed by atoms with Gasteiger partial charge in [0.2, 0.25) is 0 Å². The number of aromatic nitrogens is 3. The molecule has 0 unspecified atom stereocenters. The zero-order valence-corrected chi connectivity index (χ0v) is 11.7. The highest BCUT2D eigenvalue weighted by molar-refractivity contribution is 4.91. The van der Waals surface area contributed by atoms with E-state index in [1.165, 1.54) is 4.68 Å². The van der Waals surface area contributed by atoms with Crippen molar-refractivity contribution in [2.24, 2.45) is 0 Å². The van der Waals surface area contributed by atoms with Gasteiger partial charge in [0.25, 0.3) is 0 Å². The fraction of sp³-hybridized carbons (Fsp3) is 0.846. The molecule has 0 aromatic carbocycles. The van der Waals surface area contributed by atoms with Gasteiger partial charge in [-0.25, -0.2) is 9.48 Å². The maximum Gasteiger partial charge on any atom is 0.346 e. The van der Waals surface area contributed by atoms with E-state index in [2.05, 4.69) is 5.10 Å². The predicted molar refractivity (Wildman–Crippen MR) is 69.6 cm³/mol. The Labute approximate surface area is 107 Å². The number of nitrogens with zero attached hydrogens (tertiary/aromatic N) is 3. The van der Waals surface area contributed by atoms with Gasteiger partial charge in [-0.2, -0.15) is 5.10 Å². The Bertz CT molecular complexity index is 489. The molecule has 0 atom stereocenters. The molecule has 0 amide bonds. The Hall–Kier alpha value is -1.10. The van der Waals surface area contributed by atoms with Crippen LogP contribution in [0.5, 0.6) is 0 Å². The SMILES string of the molecule is Cc1nn(C(C)(C)C)c(=O)n1CCC1(O)CCC1. The number of hydrogen-bond acceptors (Lipinski definition) is 3. The third-order valence-electron chi connectivity index (χ3n) is 3.77. The van der Waals surface area contributed by atoms with Gasteiger partial charge in [0, 0.05) is 6.54 Å². The van der Waals surface area contributed by atoms with Gasteiger partial charge >= 0.3 is 5.69 Å². The van der Waals surface area contributed by atoms with E-state index in [1.807, 2.05) is 27.7 Å². The molecule has 0 aliphatic heterocycles. The first-order chi connectivity index (χ1) is 8.23. The molecule has 18 heavy (non-hydrogen) atoms. The van der Waals surface area contributed by atoms with Crippen molar-refractivity contribution in [2.75, 3.05) is 0 Å². The molecule has 0 spiro atoms. The molecule has 5 heteroatoms. The van der Waals surface area contributed by atoms with Crippen molar-refractivity contribution in [3.63, 3.8) is 0 Å². The average molecular weight is 253 g/mol. The minimum absolute atomic E-state index is 0.0806. The van der Waals surface area contributed by atoms with E-state index in [0.717, 1.165) is 25.1 Å². The van der Waals surface area contributed by atoms with Crippen molar-refractivity contribution >= 4 is 0 Å². The first kappa shape index (κ1) is 13.3. The molecule has 1 saturated carbocycles. The van der Waals surface area contributed by atoms with Crippen LogP contribution < -0.4 is 5.69 Å². The lowest BCUT2D eigenvalue weighted by molar-refractivity contribution is -0.0435. The molecule has 5 nitrogen and oxygen atoms in total. The van der Waals surface area contributed by atoms with Crippen LogP contribution in [0.3, 0.4) is 0 Å². The summed E-state index contributed by atoms with van der Waals surface area (Å²) in [7, 11) is 0. The lowest BCUT2D eigenvalue weighted by Gasteiger charge is -2.36. The van der Waals surface area contributed by atoms with E-state index in [1.54, 1.807) is 4.57 Å². The molecule has 1 heterocycles. The molecule has 1 aliphatic rings. The lowest BCUT2D eigenvalue weighted by atomic mass is 9.78. The van der Waals surface area contributed by atoms with Gasteiger partial charge in [-0.05, 0) is 53.4 Å². The first-order valence-electron chi connectivity index (χ1n) is 6.62. The molecule has 0 radical (unpaired) electrons.